The van der Waals surface area contributed by atoms with Gasteiger partial charge in [-0.15, -0.1) is 0 Å². The molecule has 1 aliphatic rings. The number of aliphatic carboxylic acids is 1. The number of hydrogen-bond acceptors (Lipinski definition) is 2. The van der Waals surface area contributed by atoms with Crippen LogP contribution in [0, 0.1) is 5.41 Å². The molecule has 0 saturated heterocycles. The molecule has 0 bridgehead atoms. The lowest BCUT2D eigenvalue weighted by Gasteiger charge is -2.23. The molecule has 1 heterocycles. The van der Waals surface area contributed by atoms with Crippen LogP contribution in [0.25, 0.3) is 0 Å². The van der Waals surface area contributed by atoms with Gasteiger partial charge in [-0.05, 0) is 31.2 Å². The number of aromatic nitrogens is 2. The first-order valence-corrected chi connectivity index (χ1v) is 5.83. The highest BCUT2D eigenvalue weighted by atomic mass is 16.4. The van der Waals surface area contributed by atoms with Crippen LogP contribution in [0.2, 0.25) is 0 Å². The molecule has 2 rings (SSSR count). The summed E-state index contributed by atoms with van der Waals surface area (Å²) in [6.45, 7) is 0. The molecular formula is C12H18N2O2. The molecule has 0 unspecified atom stereocenters. The normalized spacial score (nSPS) is 18.8. The second-order valence-electron chi connectivity index (χ2n) is 4.81. The Morgan fingerprint density at radius 3 is 2.75 bits per heavy atom. The standard InChI is InChI=1S/C12H18N2O2/c1-14-9-10(8-13-14)4-7-12(11(15)16)5-2-3-6-12/h8-9H,2-7H2,1H3,(H,15,16). The average molecular weight is 222 g/mol. The van der Waals surface area contributed by atoms with Crippen LogP contribution in [0.15, 0.2) is 12.4 Å². The molecule has 0 aromatic carbocycles. The largest absolute Gasteiger partial charge is 0.481 e. The molecule has 4 heteroatoms. The van der Waals surface area contributed by atoms with Crippen molar-refractivity contribution in [3.8, 4) is 0 Å². The SMILES string of the molecule is Cn1cc(CCC2(C(=O)O)CCCC2)cn1. The van der Waals surface area contributed by atoms with Gasteiger partial charge in [0.05, 0.1) is 11.6 Å². The van der Waals surface area contributed by atoms with E-state index in [1.165, 1.54) is 0 Å². The van der Waals surface area contributed by atoms with Crippen molar-refractivity contribution < 1.29 is 9.90 Å². The van der Waals surface area contributed by atoms with Crippen LogP contribution in [0.4, 0.5) is 0 Å². The van der Waals surface area contributed by atoms with E-state index in [-0.39, 0.29) is 0 Å². The maximum atomic E-state index is 11.3. The summed E-state index contributed by atoms with van der Waals surface area (Å²) < 4.78 is 1.76. The number of rotatable bonds is 4. The van der Waals surface area contributed by atoms with Gasteiger partial charge in [0.2, 0.25) is 0 Å². The maximum Gasteiger partial charge on any atom is 0.309 e. The number of carboxylic acid groups (broad SMARTS) is 1. The molecule has 1 aromatic rings. The van der Waals surface area contributed by atoms with E-state index in [1.54, 1.807) is 4.68 Å². The van der Waals surface area contributed by atoms with Crippen LogP contribution in [-0.4, -0.2) is 20.9 Å². The minimum absolute atomic E-state index is 0.462. The summed E-state index contributed by atoms with van der Waals surface area (Å²) in [4.78, 5) is 11.3. The summed E-state index contributed by atoms with van der Waals surface area (Å²) >= 11 is 0. The van der Waals surface area contributed by atoms with Crippen LogP contribution in [0.3, 0.4) is 0 Å². The summed E-state index contributed by atoms with van der Waals surface area (Å²) in [6.07, 6.45) is 9.13. The lowest BCUT2D eigenvalue weighted by atomic mass is 9.81. The van der Waals surface area contributed by atoms with E-state index >= 15 is 0 Å². The molecule has 16 heavy (non-hydrogen) atoms. The summed E-state index contributed by atoms with van der Waals surface area (Å²) in [5.74, 6) is -0.617. The summed E-state index contributed by atoms with van der Waals surface area (Å²) in [5.41, 5.74) is 0.672. The van der Waals surface area contributed by atoms with Gasteiger partial charge in [0, 0.05) is 13.2 Å². The van der Waals surface area contributed by atoms with Crippen molar-refractivity contribution in [2.75, 3.05) is 0 Å². The zero-order valence-electron chi connectivity index (χ0n) is 9.65. The number of carbonyl (C=O) groups is 1. The number of hydrogen-bond donors (Lipinski definition) is 1. The van der Waals surface area contributed by atoms with Gasteiger partial charge in [-0.1, -0.05) is 12.8 Å². The molecule has 0 atom stereocenters. The van der Waals surface area contributed by atoms with Crippen molar-refractivity contribution >= 4 is 5.97 Å². The Morgan fingerprint density at radius 2 is 2.25 bits per heavy atom. The fourth-order valence-corrected chi connectivity index (χ4v) is 2.61. The zero-order valence-corrected chi connectivity index (χ0v) is 9.65. The summed E-state index contributed by atoms with van der Waals surface area (Å²) in [6, 6.07) is 0. The Hall–Kier alpha value is -1.32. The Balaban J connectivity index is 1.99. The van der Waals surface area contributed by atoms with E-state index in [0.29, 0.717) is 0 Å². The van der Waals surface area contributed by atoms with Crippen molar-refractivity contribution in [1.82, 2.24) is 9.78 Å². The molecule has 0 spiro atoms. The Kier molecular flexibility index (Phi) is 2.99. The molecule has 1 aromatic heterocycles. The summed E-state index contributed by atoms with van der Waals surface area (Å²) in [7, 11) is 1.88. The van der Waals surface area contributed by atoms with Gasteiger partial charge in [-0.2, -0.15) is 5.10 Å². The first-order chi connectivity index (χ1) is 7.62. The molecular weight excluding hydrogens is 204 g/mol. The van der Waals surface area contributed by atoms with Gasteiger partial charge in [0.15, 0.2) is 0 Å². The second kappa shape index (κ2) is 4.28. The lowest BCUT2D eigenvalue weighted by Crippen LogP contribution is -2.28. The smallest absolute Gasteiger partial charge is 0.309 e. The third kappa shape index (κ3) is 2.10. The van der Waals surface area contributed by atoms with Gasteiger partial charge < -0.3 is 5.11 Å². The number of nitrogens with zero attached hydrogens (tertiary/aromatic N) is 2. The fraction of sp³-hybridized carbons (Fsp3) is 0.667. The first-order valence-electron chi connectivity index (χ1n) is 5.83. The molecule has 4 nitrogen and oxygen atoms in total. The molecule has 1 fully saturated rings. The Bertz CT molecular complexity index is 378. The molecule has 1 aliphatic carbocycles. The summed E-state index contributed by atoms with van der Waals surface area (Å²) in [5, 5.41) is 13.4. The quantitative estimate of drug-likeness (QED) is 0.847. The van der Waals surface area contributed by atoms with E-state index < -0.39 is 11.4 Å². The van der Waals surface area contributed by atoms with Crippen molar-refractivity contribution in [2.45, 2.75) is 38.5 Å². The second-order valence-corrected chi connectivity index (χ2v) is 4.81. The lowest BCUT2D eigenvalue weighted by molar-refractivity contribution is -0.149. The topological polar surface area (TPSA) is 55.1 Å². The van der Waals surface area contributed by atoms with Gasteiger partial charge in [0.25, 0.3) is 0 Å². The third-order valence-electron chi connectivity index (χ3n) is 3.66. The van der Waals surface area contributed by atoms with Gasteiger partial charge in [-0.3, -0.25) is 9.48 Å². The van der Waals surface area contributed by atoms with Crippen LogP contribution >= 0.6 is 0 Å². The van der Waals surface area contributed by atoms with E-state index in [9.17, 15) is 9.90 Å². The number of aryl methyl sites for hydroxylation is 2. The van der Waals surface area contributed by atoms with Crippen molar-refractivity contribution in [2.24, 2.45) is 12.5 Å². The van der Waals surface area contributed by atoms with Gasteiger partial charge >= 0.3 is 5.97 Å². The van der Waals surface area contributed by atoms with E-state index in [2.05, 4.69) is 5.10 Å². The predicted molar refractivity (Wildman–Crippen MR) is 60.1 cm³/mol. The monoisotopic (exact) mass is 222 g/mol. The van der Waals surface area contributed by atoms with E-state index in [4.69, 9.17) is 0 Å². The molecule has 0 radical (unpaired) electrons. The minimum Gasteiger partial charge on any atom is -0.481 e. The van der Waals surface area contributed by atoms with Gasteiger partial charge in [0.1, 0.15) is 0 Å². The first kappa shape index (κ1) is 11.2. The van der Waals surface area contributed by atoms with Crippen LogP contribution < -0.4 is 0 Å². The average Bonchev–Trinajstić information content (AvgIpc) is 2.84. The number of carboxylic acids is 1. The highest BCUT2D eigenvalue weighted by Crippen LogP contribution is 2.42. The van der Waals surface area contributed by atoms with E-state index in [0.717, 1.165) is 44.1 Å². The predicted octanol–water partition coefficient (Wildman–Crippen LogP) is 2.00. The molecule has 0 amide bonds. The molecule has 88 valence electrons. The molecule has 1 N–H and O–H groups in total. The fourth-order valence-electron chi connectivity index (χ4n) is 2.61. The van der Waals surface area contributed by atoms with Crippen molar-refractivity contribution in [3.05, 3.63) is 18.0 Å². The van der Waals surface area contributed by atoms with Crippen LogP contribution in [-0.2, 0) is 18.3 Å². The van der Waals surface area contributed by atoms with E-state index in [1.807, 2.05) is 19.4 Å². The maximum absolute atomic E-state index is 11.3. The Labute approximate surface area is 95.3 Å². The third-order valence-corrected chi connectivity index (χ3v) is 3.66. The zero-order chi connectivity index (χ0) is 11.6. The van der Waals surface area contributed by atoms with Crippen LogP contribution in [0.1, 0.15) is 37.7 Å². The molecule has 1 saturated carbocycles. The molecule has 0 aliphatic heterocycles. The van der Waals surface area contributed by atoms with Crippen molar-refractivity contribution in [3.63, 3.8) is 0 Å². The van der Waals surface area contributed by atoms with Gasteiger partial charge in [-0.25, -0.2) is 0 Å². The van der Waals surface area contributed by atoms with Crippen LogP contribution in [0.5, 0.6) is 0 Å². The van der Waals surface area contributed by atoms with Crippen molar-refractivity contribution in [1.29, 1.82) is 0 Å². The minimum atomic E-state index is -0.617. The highest BCUT2D eigenvalue weighted by Gasteiger charge is 2.40. The Morgan fingerprint density at radius 1 is 1.56 bits per heavy atom. The highest BCUT2D eigenvalue weighted by molar-refractivity contribution is 5.75.